The van der Waals surface area contributed by atoms with Crippen molar-refractivity contribution < 1.29 is 0 Å². The van der Waals surface area contributed by atoms with Crippen LogP contribution in [0.15, 0.2) is 24.5 Å². The highest BCUT2D eigenvalue weighted by atomic mass is 15.3. The molecule has 0 aliphatic carbocycles. The molecule has 0 aliphatic rings. The standard InChI is InChI=1S/C14H21N5/c1-10-14(11(2)19(3)18-10)9-13(17-15)8-12-4-6-16-7-5-12/h4-7,13,17H,8-9,15H2,1-3H3. The molecule has 0 aromatic carbocycles. The summed E-state index contributed by atoms with van der Waals surface area (Å²) in [6.45, 7) is 4.14. The first-order chi connectivity index (χ1) is 9.11. The van der Waals surface area contributed by atoms with Gasteiger partial charge in [-0.25, -0.2) is 0 Å². The van der Waals surface area contributed by atoms with Crippen molar-refractivity contribution in [3.05, 3.63) is 47.0 Å². The Morgan fingerprint density at radius 3 is 2.47 bits per heavy atom. The maximum absolute atomic E-state index is 5.68. The largest absolute Gasteiger partial charge is 0.272 e. The molecule has 0 bridgehead atoms. The lowest BCUT2D eigenvalue weighted by Gasteiger charge is -2.16. The molecule has 3 N–H and O–H groups in total. The Morgan fingerprint density at radius 2 is 1.95 bits per heavy atom. The summed E-state index contributed by atoms with van der Waals surface area (Å²) in [6, 6.07) is 4.24. The zero-order valence-corrected chi connectivity index (χ0v) is 11.7. The van der Waals surface area contributed by atoms with E-state index in [4.69, 9.17) is 5.84 Å². The van der Waals surface area contributed by atoms with Gasteiger partial charge in [-0.05, 0) is 49.9 Å². The summed E-state index contributed by atoms with van der Waals surface area (Å²) in [5.41, 5.74) is 7.70. The Labute approximate surface area is 113 Å². The van der Waals surface area contributed by atoms with E-state index in [1.54, 1.807) is 0 Å². The van der Waals surface area contributed by atoms with Gasteiger partial charge in [0.25, 0.3) is 0 Å². The van der Waals surface area contributed by atoms with Crippen molar-refractivity contribution in [2.75, 3.05) is 0 Å². The molecule has 19 heavy (non-hydrogen) atoms. The van der Waals surface area contributed by atoms with Gasteiger partial charge in [-0.15, -0.1) is 0 Å². The summed E-state index contributed by atoms with van der Waals surface area (Å²) in [5, 5.41) is 4.44. The Morgan fingerprint density at radius 1 is 1.26 bits per heavy atom. The molecule has 0 aliphatic heterocycles. The van der Waals surface area contributed by atoms with E-state index in [-0.39, 0.29) is 6.04 Å². The first kappa shape index (κ1) is 13.7. The van der Waals surface area contributed by atoms with E-state index in [0.29, 0.717) is 0 Å². The highest BCUT2D eigenvalue weighted by molar-refractivity contribution is 5.26. The van der Waals surface area contributed by atoms with Crippen LogP contribution in [-0.2, 0) is 19.9 Å². The predicted molar refractivity (Wildman–Crippen MR) is 75.4 cm³/mol. The molecule has 102 valence electrons. The quantitative estimate of drug-likeness (QED) is 0.622. The average Bonchev–Trinajstić information content (AvgIpc) is 2.65. The van der Waals surface area contributed by atoms with Crippen molar-refractivity contribution in [2.24, 2.45) is 12.9 Å². The number of hydrogen-bond donors (Lipinski definition) is 2. The van der Waals surface area contributed by atoms with Gasteiger partial charge >= 0.3 is 0 Å². The number of rotatable bonds is 5. The number of hydrogen-bond acceptors (Lipinski definition) is 4. The van der Waals surface area contributed by atoms with Gasteiger partial charge < -0.3 is 0 Å². The van der Waals surface area contributed by atoms with Gasteiger partial charge in [-0.2, -0.15) is 5.10 Å². The number of nitrogens with two attached hydrogens (primary N) is 1. The van der Waals surface area contributed by atoms with E-state index in [0.717, 1.165) is 18.5 Å². The second kappa shape index (κ2) is 5.95. The molecule has 5 heteroatoms. The molecule has 0 spiro atoms. The number of hydrazine groups is 1. The molecule has 0 saturated heterocycles. The Hall–Kier alpha value is -1.72. The normalized spacial score (nSPS) is 12.6. The third kappa shape index (κ3) is 3.19. The lowest BCUT2D eigenvalue weighted by molar-refractivity contribution is 0.520. The van der Waals surface area contributed by atoms with Crippen LogP contribution in [0.2, 0.25) is 0 Å². The zero-order chi connectivity index (χ0) is 13.8. The van der Waals surface area contributed by atoms with Crippen LogP contribution in [0.4, 0.5) is 0 Å². The smallest absolute Gasteiger partial charge is 0.0628 e. The number of aryl methyl sites for hydroxylation is 2. The molecular formula is C14H21N5. The molecule has 2 rings (SSSR count). The molecule has 1 atom stereocenters. The highest BCUT2D eigenvalue weighted by Crippen LogP contribution is 2.15. The maximum atomic E-state index is 5.68. The maximum Gasteiger partial charge on any atom is 0.0628 e. The first-order valence-corrected chi connectivity index (χ1v) is 6.46. The van der Waals surface area contributed by atoms with Crippen LogP contribution >= 0.6 is 0 Å². The third-order valence-electron chi connectivity index (χ3n) is 3.58. The second-order valence-corrected chi connectivity index (χ2v) is 4.90. The summed E-state index contributed by atoms with van der Waals surface area (Å²) in [4.78, 5) is 4.03. The van der Waals surface area contributed by atoms with Crippen LogP contribution in [0.5, 0.6) is 0 Å². The molecule has 2 aromatic rings. The molecule has 5 nitrogen and oxygen atoms in total. The Bertz CT molecular complexity index is 532. The molecule has 2 heterocycles. The van der Waals surface area contributed by atoms with E-state index in [9.17, 15) is 0 Å². The predicted octanol–water partition coefficient (Wildman–Crippen LogP) is 1.05. The van der Waals surface area contributed by atoms with E-state index in [1.165, 1.54) is 16.8 Å². The minimum Gasteiger partial charge on any atom is -0.272 e. The van der Waals surface area contributed by atoms with Crippen LogP contribution in [0.3, 0.4) is 0 Å². The van der Waals surface area contributed by atoms with Gasteiger partial charge in [-0.3, -0.25) is 20.9 Å². The third-order valence-corrected chi connectivity index (χ3v) is 3.58. The average molecular weight is 259 g/mol. The Balaban J connectivity index is 2.11. The highest BCUT2D eigenvalue weighted by Gasteiger charge is 2.15. The fourth-order valence-corrected chi connectivity index (χ4v) is 2.35. The lowest BCUT2D eigenvalue weighted by Crippen LogP contribution is -2.38. The fraction of sp³-hybridized carbons (Fsp3) is 0.429. The fourth-order valence-electron chi connectivity index (χ4n) is 2.35. The zero-order valence-electron chi connectivity index (χ0n) is 11.7. The van der Waals surface area contributed by atoms with Crippen molar-refractivity contribution >= 4 is 0 Å². The molecular weight excluding hydrogens is 238 g/mol. The second-order valence-electron chi connectivity index (χ2n) is 4.90. The summed E-state index contributed by atoms with van der Waals surface area (Å²) in [7, 11) is 1.97. The minimum atomic E-state index is 0.198. The van der Waals surface area contributed by atoms with Crippen molar-refractivity contribution in [2.45, 2.75) is 32.7 Å². The molecule has 1 unspecified atom stereocenters. The van der Waals surface area contributed by atoms with Crippen LogP contribution in [0, 0.1) is 13.8 Å². The molecule has 0 radical (unpaired) electrons. The van der Waals surface area contributed by atoms with Gasteiger partial charge in [0.15, 0.2) is 0 Å². The SMILES string of the molecule is Cc1nn(C)c(C)c1CC(Cc1ccncc1)NN. The van der Waals surface area contributed by atoms with E-state index in [1.807, 2.05) is 43.2 Å². The van der Waals surface area contributed by atoms with Crippen LogP contribution < -0.4 is 11.3 Å². The van der Waals surface area contributed by atoms with Gasteiger partial charge in [0.1, 0.15) is 0 Å². The lowest BCUT2D eigenvalue weighted by atomic mass is 9.99. The number of nitrogens with one attached hydrogen (secondary N) is 1. The summed E-state index contributed by atoms with van der Waals surface area (Å²) in [6.07, 6.45) is 5.38. The van der Waals surface area contributed by atoms with Crippen molar-refractivity contribution in [3.63, 3.8) is 0 Å². The number of pyridine rings is 1. The van der Waals surface area contributed by atoms with Crippen LogP contribution in [-0.4, -0.2) is 20.8 Å². The topological polar surface area (TPSA) is 68.8 Å². The molecule has 0 amide bonds. The van der Waals surface area contributed by atoms with Crippen LogP contribution in [0.25, 0.3) is 0 Å². The molecule has 2 aromatic heterocycles. The van der Waals surface area contributed by atoms with Gasteiger partial charge in [0.05, 0.1) is 5.69 Å². The van der Waals surface area contributed by atoms with Crippen LogP contribution in [0.1, 0.15) is 22.5 Å². The van der Waals surface area contributed by atoms with E-state index < -0.39 is 0 Å². The number of nitrogens with zero attached hydrogens (tertiary/aromatic N) is 3. The molecule has 0 fully saturated rings. The first-order valence-electron chi connectivity index (χ1n) is 6.46. The summed E-state index contributed by atoms with van der Waals surface area (Å²) < 4.78 is 1.92. The van der Waals surface area contributed by atoms with E-state index in [2.05, 4.69) is 22.4 Å². The monoisotopic (exact) mass is 259 g/mol. The van der Waals surface area contributed by atoms with Crippen molar-refractivity contribution in [3.8, 4) is 0 Å². The van der Waals surface area contributed by atoms with Crippen molar-refractivity contribution in [1.82, 2.24) is 20.2 Å². The number of aromatic nitrogens is 3. The minimum absolute atomic E-state index is 0.198. The summed E-state index contributed by atoms with van der Waals surface area (Å²) >= 11 is 0. The molecule has 0 saturated carbocycles. The Kier molecular flexibility index (Phi) is 4.29. The summed E-state index contributed by atoms with van der Waals surface area (Å²) in [5.74, 6) is 5.68. The van der Waals surface area contributed by atoms with E-state index >= 15 is 0 Å². The van der Waals surface area contributed by atoms with Crippen molar-refractivity contribution in [1.29, 1.82) is 0 Å². The van der Waals surface area contributed by atoms with Gasteiger partial charge in [0, 0.05) is 31.2 Å². The van der Waals surface area contributed by atoms with Gasteiger partial charge in [-0.1, -0.05) is 0 Å². The van der Waals surface area contributed by atoms with Gasteiger partial charge in [0.2, 0.25) is 0 Å².